The minimum Gasteiger partial charge on any atom is -0.467 e. The highest BCUT2D eigenvalue weighted by atomic mass is 16.3. The lowest BCUT2D eigenvalue weighted by molar-refractivity contribution is -0.120. The number of aromatic amines is 1. The molecular weight excluding hydrogens is 420 g/mol. The van der Waals surface area contributed by atoms with Gasteiger partial charge in [0.25, 0.3) is 5.56 Å². The number of hydrogen-bond acceptors (Lipinski definition) is 5. The zero-order valence-corrected chi connectivity index (χ0v) is 18.4. The van der Waals surface area contributed by atoms with E-state index in [-0.39, 0.29) is 30.5 Å². The number of rotatable bonds is 7. The summed E-state index contributed by atoms with van der Waals surface area (Å²) in [5.74, 6) is 1.95. The van der Waals surface area contributed by atoms with Crippen molar-refractivity contribution in [1.82, 2.24) is 9.55 Å². The van der Waals surface area contributed by atoms with E-state index >= 15 is 0 Å². The summed E-state index contributed by atoms with van der Waals surface area (Å²) >= 11 is 0. The van der Waals surface area contributed by atoms with Gasteiger partial charge >= 0.3 is 5.69 Å². The SMILES string of the molecule is Nc1c(N(Cc2ccco2)C(=O)C[C@H]2C[C@H]3CC[C@H]2C3)c(=O)[nH]c(=O)n1Cc1ccccc1. The van der Waals surface area contributed by atoms with Crippen LogP contribution in [0.1, 0.15) is 43.4 Å². The number of nitrogens with two attached hydrogens (primary N) is 1. The standard InChI is InChI=1S/C25H28N4O4/c26-23-22(24(31)27-25(32)29(23)14-16-5-2-1-3-6-16)28(15-20-7-4-10-33-20)21(30)13-19-12-17-8-9-18(19)11-17/h1-7,10,17-19H,8-9,11-15,26H2,(H,27,31,32)/t17-,18-,19+/m0/s1. The normalized spacial score (nSPS) is 21.4. The average Bonchev–Trinajstić information content (AvgIpc) is 3.55. The van der Waals surface area contributed by atoms with Crippen molar-refractivity contribution in [3.63, 3.8) is 0 Å². The fraction of sp³-hybridized carbons (Fsp3) is 0.400. The second kappa shape index (κ2) is 8.77. The van der Waals surface area contributed by atoms with E-state index in [1.54, 1.807) is 12.1 Å². The molecule has 0 spiro atoms. The molecular formula is C25H28N4O4. The van der Waals surface area contributed by atoms with E-state index in [9.17, 15) is 14.4 Å². The first-order chi connectivity index (χ1) is 16.0. The zero-order valence-electron chi connectivity index (χ0n) is 18.4. The molecule has 1 aromatic carbocycles. The molecule has 2 aliphatic rings. The lowest BCUT2D eigenvalue weighted by Crippen LogP contribution is -2.41. The van der Waals surface area contributed by atoms with Gasteiger partial charge in [0.05, 0.1) is 19.4 Å². The Hall–Kier alpha value is -3.55. The predicted octanol–water partition coefficient (Wildman–Crippen LogP) is 3.12. The van der Waals surface area contributed by atoms with Gasteiger partial charge < -0.3 is 10.2 Å². The van der Waals surface area contributed by atoms with Crippen molar-refractivity contribution in [2.75, 3.05) is 10.6 Å². The van der Waals surface area contributed by atoms with Crippen LogP contribution < -0.4 is 21.9 Å². The van der Waals surface area contributed by atoms with Crippen molar-refractivity contribution in [2.24, 2.45) is 17.8 Å². The maximum Gasteiger partial charge on any atom is 0.330 e. The molecule has 8 nitrogen and oxygen atoms in total. The highest BCUT2D eigenvalue weighted by Crippen LogP contribution is 2.49. The summed E-state index contributed by atoms with van der Waals surface area (Å²) in [6.07, 6.45) is 6.57. The van der Waals surface area contributed by atoms with Crippen molar-refractivity contribution in [2.45, 2.75) is 45.2 Å². The van der Waals surface area contributed by atoms with Crippen LogP contribution in [0.3, 0.4) is 0 Å². The Labute approximate surface area is 191 Å². The minimum absolute atomic E-state index is 0.00455. The zero-order chi connectivity index (χ0) is 22.9. The van der Waals surface area contributed by atoms with Crippen molar-refractivity contribution >= 4 is 17.4 Å². The van der Waals surface area contributed by atoms with E-state index in [0.717, 1.165) is 12.0 Å². The topological polar surface area (TPSA) is 114 Å². The molecule has 0 aliphatic heterocycles. The Morgan fingerprint density at radius 2 is 1.94 bits per heavy atom. The Balaban J connectivity index is 1.51. The molecule has 0 unspecified atom stereocenters. The molecule has 8 heteroatoms. The van der Waals surface area contributed by atoms with Crippen molar-refractivity contribution < 1.29 is 9.21 Å². The van der Waals surface area contributed by atoms with Gasteiger partial charge in [0.15, 0.2) is 5.69 Å². The van der Waals surface area contributed by atoms with E-state index in [1.165, 1.54) is 35.0 Å². The number of amides is 1. The van der Waals surface area contributed by atoms with Gasteiger partial charge in [-0.05, 0) is 54.7 Å². The number of nitrogens with zero attached hydrogens (tertiary/aromatic N) is 2. The summed E-state index contributed by atoms with van der Waals surface area (Å²) in [5.41, 5.74) is 5.96. The van der Waals surface area contributed by atoms with E-state index in [0.29, 0.717) is 29.9 Å². The summed E-state index contributed by atoms with van der Waals surface area (Å²) < 4.78 is 6.77. The Morgan fingerprint density at radius 1 is 1.12 bits per heavy atom. The highest BCUT2D eigenvalue weighted by molar-refractivity contribution is 5.95. The Morgan fingerprint density at radius 3 is 2.61 bits per heavy atom. The lowest BCUT2D eigenvalue weighted by atomic mass is 9.86. The van der Waals surface area contributed by atoms with Crippen LogP contribution >= 0.6 is 0 Å². The second-order valence-electron chi connectivity index (χ2n) is 9.26. The molecule has 2 bridgehead atoms. The maximum absolute atomic E-state index is 13.5. The molecule has 2 fully saturated rings. The number of anilines is 2. The monoisotopic (exact) mass is 448 g/mol. The summed E-state index contributed by atoms with van der Waals surface area (Å²) in [4.78, 5) is 42.8. The molecule has 172 valence electrons. The molecule has 2 aromatic heterocycles. The first-order valence-electron chi connectivity index (χ1n) is 11.5. The second-order valence-corrected chi connectivity index (χ2v) is 9.26. The number of benzene rings is 1. The van der Waals surface area contributed by atoms with E-state index in [1.807, 2.05) is 30.3 Å². The van der Waals surface area contributed by atoms with Crippen LogP contribution in [0.15, 0.2) is 62.7 Å². The number of fused-ring (bicyclic) bond motifs is 2. The predicted molar refractivity (Wildman–Crippen MR) is 125 cm³/mol. The molecule has 33 heavy (non-hydrogen) atoms. The van der Waals surface area contributed by atoms with Gasteiger partial charge in [-0.2, -0.15) is 0 Å². The van der Waals surface area contributed by atoms with Crippen LogP contribution in [0.2, 0.25) is 0 Å². The summed E-state index contributed by atoms with van der Waals surface area (Å²) in [5, 5.41) is 0. The maximum atomic E-state index is 13.5. The average molecular weight is 449 g/mol. The van der Waals surface area contributed by atoms with Crippen LogP contribution in [-0.4, -0.2) is 15.5 Å². The fourth-order valence-electron chi connectivity index (χ4n) is 5.57. The first-order valence-corrected chi connectivity index (χ1v) is 11.5. The summed E-state index contributed by atoms with van der Waals surface area (Å²) in [7, 11) is 0. The van der Waals surface area contributed by atoms with Crippen molar-refractivity contribution in [3.05, 3.63) is 80.9 Å². The van der Waals surface area contributed by atoms with E-state index in [4.69, 9.17) is 10.2 Å². The largest absolute Gasteiger partial charge is 0.467 e. The van der Waals surface area contributed by atoms with Crippen LogP contribution in [-0.2, 0) is 17.9 Å². The molecule has 3 atom stereocenters. The Bertz CT molecular complexity index is 1250. The molecule has 2 heterocycles. The van der Waals surface area contributed by atoms with Gasteiger partial charge in [0, 0.05) is 6.42 Å². The van der Waals surface area contributed by atoms with E-state index in [2.05, 4.69) is 4.98 Å². The number of carbonyl (C=O) groups is 1. The van der Waals surface area contributed by atoms with Crippen LogP contribution in [0.5, 0.6) is 0 Å². The number of H-pyrrole nitrogens is 1. The van der Waals surface area contributed by atoms with E-state index < -0.39 is 11.2 Å². The minimum atomic E-state index is -0.672. The third kappa shape index (κ3) is 4.25. The number of nitrogen functional groups attached to an aromatic ring is 1. The molecule has 0 saturated heterocycles. The van der Waals surface area contributed by atoms with Gasteiger partial charge in [0.1, 0.15) is 11.6 Å². The summed E-state index contributed by atoms with van der Waals surface area (Å²) in [6.45, 7) is 0.258. The summed E-state index contributed by atoms with van der Waals surface area (Å²) in [6, 6.07) is 12.8. The molecule has 2 aliphatic carbocycles. The molecule has 5 rings (SSSR count). The van der Waals surface area contributed by atoms with Gasteiger partial charge in [0.2, 0.25) is 5.91 Å². The van der Waals surface area contributed by atoms with Crippen LogP contribution in [0.25, 0.3) is 0 Å². The first kappa shape index (κ1) is 21.3. The van der Waals surface area contributed by atoms with Crippen molar-refractivity contribution in [1.29, 1.82) is 0 Å². The van der Waals surface area contributed by atoms with Gasteiger partial charge in [-0.25, -0.2) is 4.79 Å². The van der Waals surface area contributed by atoms with Crippen LogP contribution in [0.4, 0.5) is 11.5 Å². The van der Waals surface area contributed by atoms with Gasteiger partial charge in [-0.1, -0.05) is 36.8 Å². The smallest absolute Gasteiger partial charge is 0.330 e. The number of aromatic nitrogens is 2. The highest BCUT2D eigenvalue weighted by Gasteiger charge is 2.41. The number of hydrogen-bond donors (Lipinski definition) is 2. The van der Waals surface area contributed by atoms with Gasteiger partial charge in [-0.15, -0.1) is 0 Å². The van der Waals surface area contributed by atoms with Gasteiger partial charge in [-0.3, -0.25) is 24.0 Å². The molecule has 3 N–H and O–H groups in total. The van der Waals surface area contributed by atoms with Crippen molar-refractivity contribution in [3.8, 4) is 0 Å². The molecule has 1 amide bonds. The quantitative estimate of drug-likeness (QED) is 0.576. The number of furan rings is 1. The molecule has 2 saturated carbocycles. The third-order valence-electron chi connectivity index (χ3n) is 7.18. The lowest BCUT2D eigenvalue weighted by Gasteiger charge is -2.27. The molecule has 0 radical (unpaired) electrons. The fourth-order valence-corrected chi connectivity index (χ4v) is 5.57. The Kier molecular flexibility index (Phi) is 5.66. The van der Waals surface area contributed by atoms with Crippen LogP contribution in [0, 0.1) is 17.8 Å². The molecule has 3 aromatic rings. The number of carbonyl (C=O) groups excluding carboxylic acids is 1. The third-order valence-corrected chi connectivity index (χ3v) is 7.18. The number of nitrogens with one attached hydrogen (secondary N) is 1.